The van der Waals surface area contributed by atoms with E-state index in [9.17, 15) is 8.42 Å². The molecule has 0 bridgehead atoms. The largest absolute Gasteiger partial charge is 0.264 e. The highest BCUT2D eigenvalue weighted by Gasteiger charge is 2.22. The number of rotatable bonds is 4. The number of aryl methyl sites for hydroxylation is 3. The quantitative estimate of drug-likeness (QED) is 0.637. The molecule has 0 aliphatic carbocycles. The smallest absolute Gasteiger partial charge is 0.255 e. The molecule has 0 amide bonds. The molecule has 0 spiro atoms. The van der Waals surface area contributed by atoms with Crippen molar-refractivity contribution in [1.82, 2.24) is 4.98 Å². The minimum atomic E-state index is -3.68. The fourth-order valence-corrected chi connectivity index (χ4v) is 6.11. The van der Waals surface area contributed by atoms with Gasteiger partial charge in [-0.2, -0.15) is 0 Å². The van der Waals surface area contributed by atoms with Gasteiger partial charge in [-0.1, -0.05) is 46.3 Å². The van der Waals surface area contributed by atoms with Gasteiger partial charge in [0, 0.05) is 4.47 Å². The van der Waals surface area contributed by atoms with Gasteiger partial charge in [0.15, 0.2) is 5.13 Å². The van der Waals surface area contributed by atoms with Crippen LogP contribution in [0.1, 0.15) is 23.6 Å². The third-order valence-corrected chi connectivity index (χ3v) is 6.97. The molecule has 0 radical (unpaired) electrons. The van der Waals surface area contributed by atoms with Gasteiger partial charge in [0.25, 0.3) is 10.0 Å². The predicted molar refractivity (Wildman–Crippen MR) is 103 cm³/mol. The zero-order chi connectivity index (χ0) is 17.5. The van der Waals surface area contributed by atoms with E-state index in [1.807, 2.05) is 18.2 Å². The number of sulfonamides is 1. The molecule has 0 saturated carbocycles. The van der Waals surface area contributed by atoms with E-state index in [2.05, 4.69) is 32.6 Å². The number of aromatic nitrogens is 1. The van der Waals surface area contributed by atoms with E-state index in [1.165, 1.54) is 11.3 Å². The predicted octanol–water partition coefficient (Wildman–Crippen LogP) is 5.04. The van der Waals surface area contributed by atoms with Gasteiger partial charge in [0.2, 0.25) is 0 Å². The summed E-state index contributed by atoms with van der Waals surface area (Å²) in [5.74, 6) is 0. The lowest BCUT2D eigenvalue weighted by atomic mass is 10.1. The third kappa shape index (κ3) is 3.20. The fraction of sp³-hybridized carbons (Fsp3) is 0.235. The van der Waals surface area contributed by atoms with Gasteiger partial charge in [-0.3, -0.25) is 4.72 Å². The molecule has 7 heteroatoms. The van der Waals surface area contributed by atoms with E-state index in [1.54, 1.807) is 26.0 Å². The van der Waals surface area contributed by atoms with Crippen molar-refractivity contribution >= 4 is 52.6 Å². The summed E-state index contributed by atoms with van der Waals surface area (Å²) in [5.41, 5.74) is 3.38. The Morgan fingerprint density at radius 2 is 1.88 bits per heavy atom. The van der Waals surface area contributed by atoms with Crippen molar-refractivity contribution in [2.75, 3.05) is 4.72 Å². The first-order valence-corrected chi connectivity index (χ1v) is 10.6. The first-order chi connectivity index (χ1) is 11.3. The molecule has 0 saturated heterocycles. The van der Waals surface area contributed by atoms with Crippen molar-refractivity contribution < 1.29 is 8.42 Å². The lowest BCUT2D eigenvalue weighted by molar-refractivity contribution is 0.600. The zero-order valence-corrected chi connectivity index (χ0v) is 16.8. The van der Waals surface area contributed by atoms with Crippen LogP contribution in [0.2, 0.25) is 0 Å². The monoisotopic (exact) mass is 424 g/mol. The van der Waals surface area contributed by atoms with Crippen LogP contribution in [0, 0.1) is 13.8 Å². The van der Waals surface area contributed by atoms with E-state index < -0.39 is 10.0 Å². The van der Waals surface area contributed by atoms with Crippen LogP contribution in [0.5, 0.6) is 0 Å². The van der Waals surface area contributed by atoms with Gasteiger partial charge >= 0.3 is 0 Å². The summed E-state index contributed by atoms with van der Waals surface area (Å²) in [4.78, 5) is 4.80. The molecule has 3 aromatic rings. The van der Waals surface area contributed by atoms with Crippen LogP contribution in [0.3, 0.4) is 0 Å². The highest BCUT2D eigenvalue weighted by Crippen LogP contribution is 2.31. The number of para-hydroxylation sites is 1. The Labute approximate surface area is 154 Å². The Morgan fingerprint density at radius 1 is 1.21 bits per heavy atom. The average molecular weight is 425 g/mol. The summed E-state index contributed by atoms with van der Waals surface area (Å²) in [6.45, 7) is 5.65. The number of fused-ring (bicyclic) bond motifs is 1. The SMILES string of the molecule is CCc1cccc2sc(NS(=O)(=O)c3c(C)cc(Br)cc3C)nc12. The van der Waals surface area contributed by atoms with Crippen LogP contribution in [-0.2, 0) is 16.4 Å². The van der Waals surface area contributed by atoms with Crippen LogP contribution in [0.4, 0.5) is 5.13 Å². The highest BCUT2D eigenvalue weighted by atomic mass is 79.9. The van der Waals surface area contributed by atoms with Crippen LogP contribution < -0.4 is 4.72 Å². The number of benzene rings is 2. The van der Waals surface area contributed by atoms with E-state index >= 15 is 0 Å². The molecular weight excluding hydrogens is 408 g/mol. The van der Waals surface area contributed by atoms with E-state index in [0.717, 1.165) is 26.7 Å². The fourth-order valence-electron chi connectivity index (χ4n) is 2.82. The van der Waals surface area contributed by atoms with Crippen molar-refractivity contribution in [3.05, 3.63) is 51.5 Å². The van der Waals surface area contributed by atoms with Crippen molar-refractivity contribution in [2.24, 2.45) is 0 Å². The molecule has 4 nitrogen and oxygen atoms in total. The first kappa shape index (κ1) is 17.4. The van der Waals surface area contributed by atoms with Crippen LogP contribution in [-0.4, -0.2) is 13.4 Å². The summed E-state index contributed by atoms with van der Waals surface area (Å²) in [6.07, 6.45) is 0.859. The van der Waals surface area contributed by atoms with Crippen molar-refractivity contribution in [1.29, 1.82) is 0 Å². The van der Waals surface area contributed by atoms with E-state index in [-0.39, 0.29) is 0 Å². The van der Waals surface area contributed by atoms with Crippen LogP contribution in [0.25, 0.3) is 10.2 Å². The van der Waals surface area contributed by atoms with Crippen molar-refractivity contribution in [3.8, 4) is 0 Å². The highest BCUT2D eigenvalue weighted by molar-refractivity contribution is 9.10. The number of anilines is 1. The molecule has 0 fully saturated rings. The first-order valence-electron chi connectivity index (χ1n) is 7.50. The lowest BCUT2D eigenvalue weighted by Gasteiger charge is -2.11. The summed E-state index contributed by atoms with van der Waals surface area (Å²) in [7, 11) is -3.68. The Kier molecular flexibility index (Phi) is 4.68. The minimum absolute atomic E-state index is 0.306. The second-order valence-electron chi connectivity index (χ2n) is 5.61. The van der Waals surface area contributed by atoms with Crippen molar-refractivity contribution in [2.45, 2.75) is 32.1 Å². The van der Waals surface area contributed by atoms with Gasteiger partial charge in [-0.15, -0.1) is 0 Å². The second kappa shape index (κ2) is 6.46. The molecular formula is C17H17BrN2O2S2. The van der Waals surface area contributed by atoms with Gasteiger partial charge in [0.05, 0.1) is 15.1 Å². The molecule has 0 aliphatic heterocycles. The summed E-state index contributed by atoms with van der Waals surface area (Å²) in [5, 5.41) is 0.396. The molecule has 2 aromatic carbocycles. The molecule has 0 atom stereocenters. The Morgan fingerprint density at radius 3 is 2.50 bits per heavy atom. The summed E-state index contributed by atoms with van der Waals surface area (Å²) >= 11 is 4.75. The maximum absolute atomic E-state index is 12.8. The molecule has 0 aliphatic rings. The van der Waals surface area contributed by atoms with Crippen molar-refractivity contribution in [3.63, 3.8) is 0 Å². The van der Waals surface area contributed by atoms with Crippen LogP contribution >= 0.6 is 27.3 Å². The molecule has 3 rings (SSSR count). The maximum atomic E-state index is 12.8. The lowest BCUT2D eigenvalue weighted by Crippen LogP contribution is -2.15. The Balaban J connectivity index is 2.05. The van der Waals surface area contributed by atoms with Gasteiger partial charge in [-0.05, 0) is 55.2 Å². The molecule has 1 aromatic heterocycles. The van der Waals surface area contributed by atoms with E-state index in [0.29, 0.717) is 21.2 Å². The Bertz CT molecular complexity index is 1000. The minimum Gasteiger partial charge on any atom is -0.255 e. The van der Waals surface area contributed by atoms with E-state index in [4.69, 9.17) is 0 Å². The Hall–Kier alpha value is -1.44. The third-order valence-electron chi connectivity index (χ3n) is 3.80. The molecule has 1 N–H and O–H groups in total. The van der Waals surface area contributed by atoms with Crippen LogP contribution in [0.15, 0.2) is 39.7 Å². The molecule has 0 unspecified atom stereocenters. The van der Waals surface area contributed by atoms with Gasteiger partial charge < -0.3 is 0 Å². The number of hydrogen-bond donors (Lipinski definition) is 1. The van der Waals surface area contributed by atoms with Gasteiger partial charge in [0.1, 0.15) is 0 Å². The number of hydrogen-bond acceptors (Lipinski definition) is 4. The summed E-state index contributed by atoms with van der Waals surface area (Å²) < 4.78 is 30.1. The number of thiazole rings is 1. The normalized spacial score (nSPS) is 11.8. The maximum Gasteiger partial charge on any atom is 0.264 e. The number of nitrogens with one attached hydrogen (secondary N) is 1. The standard InChI is InChI=1S/C17H17BrN2O2S2/c1-4-12-6-5-7-14-15(12)19-17(23-14)20-24(21,22)16-10(2)8-13(18)9-11(16)3/h5-9H,4H2,1-3H3,(H,19,20). The molecule has 126 valence electrons. The number of halogens is 1. The molecule has 24 heavy (non-hydrogen) atoms. The second-order valence-corrected chi connectivity index (χ2v) is 9.18. The topological polar surface area (TPSA) is 59.1 Å². The van der Waals surface area contributed by atoms with Gasteiger partial charge in [-0.25, -0.2) is 13.4 Å². The zero-order valence-electron chi connectivity index (χ0n) is 13.6. The summed E-state index contributed by atoms with van der Waals surface area (Å²) in [6, 6.07) is 9.55. The number of nitrogens with zero attached hydrogens (tertiary/aromatic N) is 1. The average Bonchev–Trinajstić information content (AvgIpc) is 2.86. The molecule has 1 heterocycles.